The first-order chi connectivity index (χ1) is 6.26. The molecule has 1 N–H and O–H groups in total. The normalized spacial score (nSPS) is 13.2. The Labute approximate surface area is 76.7 Å². The largest absolute Gasteiger partial charge is 0.388 e. The highest BCUT2D eigenvalue weighted by atomic mass is 16.5. The molecule has 0 spiro atoms. The Balaban J connectivity index is 2.36. The van der Waals surface area contributed by atoms with Crippen LogP contribution in [-0.2, 0) is 17.8 Å². The maximum atomic E-state index is 8.66. The van der Waals surface area contributed by atoms with Crippen molar-refractivity contribution in [3.8, 4) is 0 Å². The first-order valence-electron chi connectivity index (χ1n) is 4.21. The highest BCUT2D eigenvalue weighted by Crippen LogP contribution is 2.04. The molecule has 0 bridgehead atoms. The van der Waals surface area contributed by atoms with E-state index in [-0.39, 0.29) is 12.7 Å². The van der Waals surface area contributed by atoms with Crippen molar-refractivity contribution < 1.29 is 14.4 Å². The first-order valence-corrected chi connectivity index (χ1v) is 4.21. The summed E-state index contributed by atoms with van der Waals surface area (Å²) in [6, 6.07) is 0. The van der Waals surface area contributed by atoms with E-state index in [0.29, 0.717) is 18.1 Å². The number of aromatic nitrogens is 2. The standard InChI is InChI=1S/C8H14N2O3/c1-6(12-2)3-4-8-9-7(5-11)10-13-8/h6,11H,3-5H2,1-2H3. The summed E-state index contributed by atoms with van der Waals surface area (Å²) >= 11 is 0. The van der Waals surface area contributed by atoms with E-state index in [1.165, 1.54) is 0 Å². The third-order valence-corrected chi connectivity index (χ3v) is 1.82. The van der Waals surface area contributed by atoms with Crippen LogP contribution in [0.3, 0.4) is 0 Å². The maximum Gasteiger partial charge on any atom is 0.226 e. The lowest BCUT2D eigenvalue weighted by atomic mass is 10.2. The molecule has 1 aromatic heterocycles. The maximum absolute atomic E-state index is 8.66. The van der Waals surface area contributed by atoms with Gasteiger partial charge in [-0.3, -0.25) is 0 Å². The van der Waals surface area contributed by atoms with Crippen molar-refractivity contribution in [2.24, 2.45) is 0 Å². The Morgan fingerprint density at radius 3 is 2.92 bits per heavy atom. The van der Waals surface area contributed by atoms with Crippen molar-refractivity contribution in [1.29, 1.82) is 0 Å². The van der Waals surface area contributed by atoms with Gasteiger partial charge in [0.1, 0.15) is 6.61 Å². The van der Waals surface area contributed by atoms with E-state index in [1.807, 2.05) is 6.92 Å². The predicted molar refractivity (Wildman–Crippen MR) is 45.0 cm³/mol. The van der Waals surface area contributed by atoms with Gasteiger partial charge in [0.05, 0.1) is 6.10 Å². The van der Waals surface area contributed by atoms with Gasteiger partial charge in [0.25, 0.3) is 0 Å². The number of rotatable bonds is 5. The molecule has 0 saturated heterocycles. The Morgan fingerprint density at radius 1 is 1.62 bits per heavy atom. The zero-order valence-electron chi connectivity index (χ0n) is 7.86. The number of aliphatic hydroxyl groups excluding tert-OH is 1. The molecule has 0 aliphatic rings. The summed E-state index contributed by atoms with van der Waals surface area (Å²) in [4.78, 5) is 3.95. The van der Waals surface area contributed by atoms with Crippen molar-refractivity contribution in [3.63, 3.8) is 0 Å². The number of hydrogen-bond donors (Lipinski definition) is 1. The van der Waals surface area contributed by atoms with Crippen molar-refractivity contribution >= 4 is 0 Å². The molecule has 0 aliphatic carbocycles. The van der Waals surface area contributed by atoms with E-state index in [1.54, 1.807) is 7.11 Å². The molecule has 1 rings (SSSR count). The zero-order chi connectivity index (χ0) is 9.68. The summed E-state index contributed by atoms with van der Waals surface area (Å²) in [6.45, 7) is 1.80. The molecule has 1 aromatic rings. The predicted octanol–water partition coefficient (Wildman–Crippen LogP) is 0.529. The van der Waals surface area contributed by atoms with Crippen LogP contribution in [0.25, 0.3) is 0 Å². The van der Waals surface area contributed by atoms with Gasteiger partial charge in [0.15, 0.2) is 5.82 Å². The molecule has 5 heteroatoms. The molecule has 0 saturated carbocycles. The topological polar surface area (TPSA) is 68.4 Å². The average Bonchev–Trinajstić information content (AvgIpc) is 2.61. The molecule has 0 aromatic carbocycles. The van der Waals surface area contributed by atoms with Gasteiger partial charge in [-0.15, -0.1) is 0 Å². The fraction of sp³-hybridized carbons (Fsp3) is 0.750. The number of hydrogen-bond acceptors (Lipinski definition) is 5. The molecule has 1 heterocycles. The lowest BCUT2D eigenvalue weighted by Crippen LogP contribution is -2.06. The summed E-state index contributed by atoms with van der Waals surface area (Å²) in [7, 11) is 1.66. The molecule has 0 radical (unpaired) electrons. The molecule has 1 atom stereocenters. The Morgan fingerprint density at radius 2 is 2.38 bits per heavy atom. The number of aliphatic hydroxyl groups is 1. The highest BCUT2D eigenvalue weighted by Gasteiger charge is 2.07. The number of methoxy groups -OCH3 is 1. The Hall–Kier alpha value is -0.940. The molecule has 0 fully saturated rings. The van der Waals surface area contributed by atoms with Crippen LogP contribution in [0.4, 0.5) is 0 Å². The van der Waals surface area contributed by atoms with Crippen LogP contribution in [0.2, 0.25) is 0 Å². The molecule has 74 valence electrons. The fourth-order valence-corrected chi connectivity index (χ4v) is 0.901. The number of nitrogens with zero attached hydrogens (tertiary/aromatic N) is 2. The second kappa shape index (κ2) is 4.94. The van der Waals surface area contributed by atoms with E-state index in [2.05, 4.69) is 10.1 Å². The summed E-state index contributed by atoms with van der Waals surface area (Å²) in [5.41, 5.74) is 0. The van der Waals surface area contributed by atoms with Crippen LogP contribution in [-0.4, -0.2) is 28.5 Å². The minimum absolute atomic E-state index is 0.177. The summed E-state index contributed by atoms with van der Waals surface area (Å²) < 4.78 is 9.94. The van der Waals surface area contributed by atoms with Gasteiger partial charge in [-0.05, 0) is 13.3 Å². The van der Waals surface area contributed by atoms with Gasteiger partial charge >= 0.3 is 0 Å². The minimum atomic E-state index is -0.177. The van der Waals surface area contributed by atoms with Crippen molar-refractivity contribution in [2.45, 2.75) is 32.5 Å². The van der Waals surface area contributed by atoms with Crippen molar-refractivity contribution in [2.75, 3.05) is 7.11 Å². The van der Waals surface area contributed by atoms with E-state index < -0.39 is 0 Å². The Bertz CT molecular complexity index is 249. The van der Waals surface area contributed by atoms with E-state index in [4.69, 9.17) is 14.4 Å². The van der Waals surface area contributed by atoms with Gasteiger partial charge in [0.2, 0.25) is 5.89 Å². The SMILES string of the molecule is COC(C)CCc1nc(CO)no1. The molecule has 0 amide bonds. The monoisotopic (exact) mass is 186 g/mol. The summed E-state index contributed by atoms with van der Waals surface area (Å²) in [5.74, 6) is 0.882. The number of ether oxygens (including phenoxy) is 1. The smallest absolute Gasteiger partial charge is 0.226 e. The van der Waals surface area contributed by atoms with Crippen LogP contribution in [0.15, 0.2) is 4.52 Å². The van der Waals surface area contributed by atoms with Crippen LogP contribution in [0, 0.1) is 0 Å². The van der Waals surface area contributed by atoms with Crippen LogP contribution >= 0.6 is 0 Å². The van der Waals surface area contributed by atoms with E-state index in [9.17, 15) is 0 Å². The second-order valence-electron chi connectivity index (χ2n) is 2.85. The highest BCUT2D eigenvalue weighted by molar-refractivity contribution is 4.84. The minimum Gasteiger partial charge on any atom is -0.388 e. The summed E-state index contributed by atoms with van der Waals surface area (Å²) in [6.07, 6.45) is 1.70. The fourth-order valence-electron chi connectivity index (χ4n) is 0.901. The van der Waals surface area contributed by atoms with Gasteiger partial charge in [0, 0.05) is 13.5 Å². The second-order valence-corrected chi connectivity index (χ2v) is 2.85. The molecular weight excluding hydrogens is 172 g/mol. The van der Waals surface area contributed by atoms with Crippen molar-refractivity contribution in [1.82, 2.24) is 10.1 Å². The number of aryl methyl sites for hydroxylation is 1. The van der Waals surface area contributed by atoms with E-state index in [0.717, 1.165) is 6.42 Å². The molecule has 5 nitrogen and oxygen atoms in total. The average molecular weight is 186 g/mol. The van der Waals surface area contributed by atoms with Gasteiger partial charge < -0.3 is 14.4 Å². The lowest BCUT2D eigenvalue weighted by Gasteiger charge is -2.05. The third-order valence-electron chi connectivity index (χ3n) is 1.82. The third kappa shape index (κ3) is 3.12. The molecule has 0 aliphatic heterocycles. The van der Waals surface area contributed by atoms with Gasteiger partial charge in [-0.25, -0.2) is 0 Å². The lowest BCUT2D eigenvalue weighted by molar-refractivity contribution is 0.109. The van der Waals surface area contributed by atoms with Crippen LogP contribution in [0.1, 0.15) is 25.1 Å². The van der Waals surface area contributed by atoms with Crippen molar-refractivity contribution in [3.05, 3.63) is 11.7 Å². The Kier molecular flexibility index (Phi) is 3.85. The molecule has 1 unspecified atom stereocenters. The molecular formula is C8H14N2O3. The van der Waals surface area contributed by atoms with Crippen LogP contribution in [0.5, 0.6) is 0 Å². The molecule has 13 heavy (non-hydrogen) atoms. The zero-order valence-corrected chi connectivity index (χ0v) is 7.86. The van der Waals surface area contributed by atoms with Gasteiger partial charge in [-0.2, -0.15) is 4.98 Å². The first kappa shape index (κ1) is 10.1. The summed E-state index contributed by atoms with van der Waals surface area (Å²) in [5, 5.41) is 12.2. The quantitative estimate of drug-likeness (QED) is 0.726. The van der Waals surface area contributed by atoms with Gasteiger partial charge in [-0.1, -0.05) is 5.16 Å². The van der Waals surface area contributed by atoms with E-state index >= 15 is 0 Å². The van der Waals surface area contributed by atoms with Crippen LogP contribution < -0.4 is 0 Å².